The molecule has 1 rings (SSSR count). The predicted octanol–water partition coefficient (Wildman–Crippen LogP) is 1.84. The molecule has 1 fully saturated rings. The third-order valence-corrected chi connectivity index (χ3v) is 1.27. The van der Waals surface area contributed by atoms with Crippen molar-refractivity contribution in [2.24, 2.45) is 5.92 Å². The van der Waals surface area contributed by atoms with Crippen molar-refractivity contribution >= 4 is 0 Å². The summed E-state index contributed by atoms with van der Waals surface area (Å²) in [4.78, 5) is 0. The monoisotopic (exact) mass is 135 g/mol. The van der Waals surface area contributed by atoms with Gasteiger partial charge in [-0.25, -0.2) is 0 Å². The topological polar surface area (TPSA) is 9.23 Å². The summed E-state index contributed by atoms with van der Waals surface area (Å²) in [6.45, 7) is -2.51. The second kappa shape index (κ2) is 3.11. The van der Waals surface area contributed by atoms with Crippen LogP contribution in [0.5, 0.6) is 0 Å². The molecule has 1 saturated carbocycles. The number of hydrogen-bond donors (Lipinski definition) is 0. The van der Waals surface area contributed by atoms with E-state index in [9.17, 15) is 8.78 Å². The highest BCUT2D eigenvalue weighted by Crippen LogP contribution is 2.31. The molecule has 9 heavy (non-hydrogen) atoms. The van der Waals surface area contributed by atoms with Gasteiger partial charge in [-0.1, -0.05) is 0 Å². The van der Waals surface area contributed by atoms with E-state index in [1.807, 2.05) is 0 Å². The Balaban J connectivity index is 1.81. The van der Waals surface area contributed by atoms with Crippen LogP contribution in [-0.4, -0.2) is 13.2 Å². The quantitative estimate of drug-likeness (QED) is 0.571. The number of hydrogen-bond acceptors (Lipinski definition) is 1. The van der Waals surface area contributed by atoms with Crippen molar-refractivity contribution in [3.63, 3.8) is 0 Å². The first-order chi connectivity index (χ1) is 4.29. The van der Waals surface area contributed by atoms with Crippen LogP contribution >= 0.6 is 0 Å². The van der Waals surface area contributed by atoms with Gasteiger partial charge in [-0.3, -0.25) is 0 Å². The molecule has 0 aromatic heterocycles. The average Bonchev–Trinajstić information content (AvgIpc) is 2.48. The fourth-order valence-electron chi connectivity index (χ4n) is 0.596. The van der Waals surface area contributed by atoms with Crippen LogP contribution in [0, 0.1) is 12.3 Å². The minimum Gasteiger partial charge on any atom is -0.323 e. The van der Waals surface area contributed by atoms with Crippen LogP contribution < -0.4 is 0 Å². The largest absolute Gasteiger partial charge is 0.345 e. The molecule has 1 nitrogen and oxygen atoms in total. The lowest BCUT2D eigenvalue weighted by Gasteiger charge is -1.98. The van der Waals surface area contributed by atoms with Gasteiger partial charge < -0.3 is 4.74 Å². The van der Waals surface area contributed by atoms with Crippen molar-refractivity contribution in [3.8, 4) is 0 Å². The molecule has 1 aliphatic rings. The van der Waals surface area contributed by atoms with Crippen molar-refractivity contribution in [1.82, 2.24) is 0 Å². The van der Waals surface area contributed by atoms with Crippen LogP contribution in [0.15, 0.2) is 0 Å². The Morgan fingerprint density at radius 1 is 1.56 bits per heavy atom. The molecule has 0 unspecified atom stereocenters. The summed E-state index contributed by atoms with van der Waals surface area (Å²) < 4.78 is 26.5. The molecule has 0 aromatic carbocycles. The highest BCUT2D eigenvalue weighted by molar-refractivity contribution is 4.86. The number of alkyl halides is 2. The molecular weight excluding hydrogens is 126 g/mol. The Hall–Kier alpha value is -0.180. The van der Waals surface area contributed by atoms with Gasteiger partial charge in [0, 0.05) is 0 Å². The summed E-state index contributed by atoms with van der Waals surface area (Å²) in [5, 5.41) is 0. The van der Waals surface area contributed by atoms with Crippen molar-refractivity contribution < 1.29 is 13.5 Å². The van der Waals surface area contributed by atoms with Crippen molar-refractivity contribution in [2.45, 2.75) is 19.5 Å². The maximum absolute atomic E-state index is 11.3. The summed E-state index contributed by atoms with van der Waals surface area (Å²) in [6.07, 6.45) is 4.09. The molecule has 1 aliphatic carbocycles. The average molecular weight is 135 g/mol. The first-order valence-electron chi connectivity index (χ1n) is 3.02. The second-order valence-electron chi connectivity index (χ2n) is 2.17. The SMILES string of the molecule is FC(F)OC[CH]C1CC1. The smallest absolute Gasteiger partial charge is 0.323 e. The zero-order chi connectivity index (χ0) is 6.69. The van der Waals surface area contributed by atoms with Crippen LogP contribution in [0.1, 0.15) is 12.8 Å². The van der Waals surface area contributed by atoms with E-state index in [2.05, 4.69) is 4.74 Å². The van der Waals surface area contributed by atoms with Crippen LogP contribution in [-0.2, 0) is 4.74 Å². The molecule has 0 spiro atoms. The summed E-state index contributed by atoms with van der Waals surface area (Å²) in [5.74, 6) is 0.559. The maximum atomic E-state index is 11.3. The number of halogens is 2. The molecule has 0 atom stereocenters. The summed E-state index contributed by atoms with van der Waals surface area (Å²) in [5.41, 5.74) is 0. The molecule has 0 aromatic rings. The van der Waals surface area contributed by atoms with Gasteiger partial charge in [0.25, 0.3) is 0 Å². The normalized spacial score (nSPS) is 19.0. The van der Waals surface area contributed by atoms with Crippen LogP contribution in [0.4, 0.5) is 8.78 Å². The first-order valence-corrected chi connectivity index (χ1v) is 3.02. The lowest BCUT2D eigenvalue weighted by Crippen LogP contribution is -2.01. The zero-order valence-corrected chi connectivity index (χ0v) is 5.02. The summed E-state index contributed by atoms with van der Waals surface area (Å²) in [7, 11) is 0. The predicted molar refractivity (Wildman–Crippen MR) is 29.0 cm³/mol. The number of ether oxygens (including phenoxy) is 1. The minimum absolute atomic E-state index is 0.0995. The van der Waals surface area contributed by atoms with E-state index in [0.29, 0.717) is 5.92 Å². The molecule has 0 amide bonds. The van der Waals surface area contributed by atoms with Gasteiger partial charge in [-0.15, -0.1) is 0 Å². The molecule has 0 N–H and O–H groups in total. The van der Waals surface area contributed by atoms with E-state index in [1.54, 1.807) is 6.42 Å². The highest BCUT2D eigenvalue weighted by atomic mass is 19.3. The van der Waals surface area contributed by atoms with E-state index in [1.165, 1.54) is 0 Å². The Morgan fingerprint density at radius 3 is 2.67 bits per heavy atom. The molecule has 1 radical (unpaired) electrons. The molecular formula is C6H9F2O. The van der Waals surface area contributed by atoms with Gasteiger partial charge in [0.2, 0.25) is 0 Å². The van der Waals surface area contributed by atoms with Gasteiger partial charge >= 0.3 is 6.61 Å². The van der Waals surface area contributed by atoms with E-state index in [4.69, 9.17) is 0 Å². The highest BCUT2D eigenvalue weighted by Gasteiger charge is 2.21. The third kappa shape index (κ3) is 3.40. The summed E-state index contributed by atoms with van der Waals surface area (Å²) >= 11 is 0. The molecule has 0 saturated heterocycles. The van der Waals surface area contributed by atoms with Crippen molar-refractivity contribution in [3.05, 3.63) is 6.42 Å². The van der Waals surface area contributed by atoms with Crippen LogP contribution in [0.2, 0.25) is 0 Å². The minimum atomic E-state index is -2.61. The Labute approximate surface area is 53.0 Å². The Bertz CT molecular complexity index is 79.1. The fraction of sp³-hybridized carbons (Fsp3) is 0.833. The van der Waals surface area contributed by atoms with E-state index in [0.717, 1.165) is 12.8 Å². The molecule has 0 aliphatic heterocycles. The van der Waals surface area contributed by atoms with E-state index < -0.39 is 6.61 Å². The maximum Gasteiger partial charge on any atom is 0.345 e. The van der Waals surface area contributed by atoms with Gasteiger partial charge in [-0.2, -0.15) is 8.78 Å². The van der Waals surface area contributed by atoms with E-state index >= 15 is 0 Å². The zero-order valence-electron chi connectivity index (χ0n) is 5.02. The Kier molecular flexibility index (Phi) is 2.39. The Morgan fingerprint density at radius 2 is 2.22 bits per heavy atom. The van der Waals surface area contributed by atoms with Crippen LogP contribution in [0.3, 0.4) is 0 Å². The summed E-state index contributed by atoms with van der Waals surface area (Å²) in [6, 6.07) is 0. The molecule has 53 valence electrons. The standard InChI is InChI=1S/C6H9F2O/c7-6(8)9-4-3-5-1-2-5/h3,5-6H,1-2,4H2. The van der Waals surface area contributed by atoms with Gasteiger partial charge in [0.05, 0.1) is 6.61 Å². The third-order valence-electron chi connectivity index (χ3n) is 1.27. The van der Waals surface area contributed by atoms with Gasteiger partial charge in [0.1, 0.15) is 0 Å². The van der Waals surface area contributed by atoms with Crippen molar-refractivity contribution in [1.29, 1.82) is 0 Å². The van der Waals surface area contributed by atoms with Crippen molar-refractivity contribution in [2.75, 3.05) is 6.61 Å². The lowest BCUT2D eigenvalue weighted by molar-refractivity contribution is -0.122. The molecule has 0 bridgehead atoms. The molecule has 3 heteroatoms. The first kappa shape index (κ1) is 6.93. The molecule has 0 heterocycles. The fourth-order valence-corrected chi connectivity index (χ4v) is 0.596. The van der Waals surface area contributed by atoms with Crippen LogP contribution in [0.25, 0.3) is 0 Å². The number of rotatable bonds is 4. The van der Waals surface area contributed by atoms with E-state index in [-0.39, 0.29) is 6.61 Å². The second-order valence-corrected chi connectivity index (χ2v) is 2.17. The van der Waals surface area contributed by atoms with Gasteiger partial charge in [-0.05, 0) is 25.2 Å². The lowest BCUT2D eigenvalue weighted by atomic mass is 10.3. The van der Waals surface area contributed by atoms with Gasteiger partial charge in [0.15, 0.2) is 0 Å².